The van der Waals surface area contributed by atoms with Crippen molar-refractivity contribution >= 4 is 17.7 Å². The fourth-order valence-corrected chi connectivity index (χ4v) is 2.62. The first kappa shape index (κ1) is 10.9. The summed E-state index contributed by atoms with van der Waals surface area (Å²) in [4.78, 5) is 10.4. The normalized spacial score (nSPS) is 21.3. The predicted octanol–water partition coefficient (Wildman–Crippen LogP) is 1.67. The lowest BCUT2D eigenvalue weighted by Gasteiger charge is -2.21. The Labute approximate surface area is 83.1 Å². The molecular formula is C9H17NO2S. The topological polar surface area (TPSA) is 63.3 Å². The van der Waals surface area contributed by atoms with Gasteiger partial charge in [0.05, 0.1) is 0 Å². The molecular weight excluding hydrogens is 186 g/mol. The van der Waals surface area contributed by atoms with Crippen LogP contribution in [0.15, 0.2) is 0 Å². The Bertz CT molecular complexity index is 169. The molecule has 1 saturated carbocycles. The van der Waals surface area contributed by atoms with Gasteiger partial charge in [-0.3, -0.25) is 0 Å². The maximum Gasteiger partial charge on any atom is 0.330 e. The van der Waals surface area contributed by atoms with Gasteiger partial charge in [0.1, 0.15) is 5.37 Å². The molecule has 0 aromatic carbocycles. The number of nitrogens with two attached hydrogens (primary N) is 1. The molecule has 0 aromatic heterocycles. The SMILES string of the molecule is N[C@@H](SCC1CCCCC1)C(=O)O. The van der Waals surface area contributed by atoms with Crippen molar-refractivity contribution in [3.8, 4) is 0 Å². The summed E-state index contributed by atoms with van der Waals surface area (Å²) in [5.74, 6) is 0.706. The molecule has 0 spiro atoms. The first-order chi connectivity index (χ1) is 6.20. The smallest absolute Gasteiger partial charge is 0.330 e. The van der Waals surface area contributed by atoms with E-state index >= 15 is 0 Å². The molecule has 0 radical (unpaired) electrons. The fourth-order valence-electron chi connectivity index (χ4n) is 1.66. The third-order valence-electron chi connectivity index (χ3n) is 2.48. The van der Waals surface area contributed by atoms with Crippen LogP contribution in [0.4, 0.5) is 0 Å². The molecule has 3 nitrogen and oxygen atoms in total. The molecule has 0 amide bonds. The van der Waals surface area contributed by atoms with Gasteiger partial charge in [-0.25, -0.2) is 4.79 Å². The Kier molecular flexibility index (Phi) is 4.59. The number of thioether (sulfide) groups is 1. The first-order valence-electron chi connectivity index (χ1n) is 4.80. The minimum atomic E-state index is -0.902. The van der Waals surface area contributed by atoms with E-state index in [1.165, 1.54) is 43.9 Å². The van der Waals surface area contributed by atoms with Crippen LogP contribution in [0.25, 0.3) is 0 Å². The van der Waals surface area contributed by atoms with Gasteiger partial charge in [0.15, 0.2) is 0 Å². The van der Waals surface area contributed by atoms with E-state index in [0.717, 1.165) is 5.75 Å². The quantitative estimate of drug-likeness (QED) is 0.682. The molecule has 1 atom stereocenters. The summed E-state index contributed by atoms with van der Waals surface area (Å²) < 4.78 is 0. The van der Waals surface area contributed by atoms with Crippen LogP contribution in [-0.2, 0) is 4.79 Å². The summed E-state index contributed by atoms with van der Waals surface area (Å²) in [5.41, 5.74) is 5.40. The van der Waals surface area contributed by atoms with Gasteiger partial charge >= 0.3 is 5.97 Å². The molecule has 13 heavy (non-hydrogen) atoms. The molecule has 4 heteroatoms. The third kappa shape index (κ3) is 4.00. The zero-order chi connectivity index (χ0) is 9.68. The van der Waals surface area contributed by atoms with Crippen molar-refractivity contribution in [3.63, 3.8) is 0 Å². The molecule has 0 bridgehead atoms. The number of hydrogen-bond donors (Lipinski definition) is 2. The number of hydrogen-bond acceptors (Lipinski definition) is 3. The van der Waals surface area contributed by atoms with Crippen LogP contribution in [0.3, 0.4) is 0 Å². The van der Waals surface area contributed by atoms with E-state index < -0.39 is 11.3 Å². The summed E-state index contributed by atoms with van der Waals surface area (Å²) in [7, 11) is 0. The second kappa shape index (κ2) is 5.50. The third-order valence-corrected chi connectivity index (χ3v) is 3.70. The molecule has 0 aliphatic heterocycles. The average molecular weight is 203 g/mol. The average Bonchev–Trinajstić information content (AvgIpc) is 2.15. The summed E-state index contributed by atoms with van der Waals surface area (Å²) in [6.45, 7) is 0. The Balaban J connectivity index is 2.13. The van der Waals surface area contributed by atoms with Crippen LogP contribution in [0.2, 0.25) is 0 Å². The van der Waals surface area contributed by atoms with E-state index in [9.17, 15) is 4.79 Å². The monoisotopic (exact) mass is 203 g/mol. The van der Waals surface area contributed by atoms with Crippen LogP contribution in [0.1, 0.15) is 32.1 Å². The fraction of sp³-hybridized carbons (Fsp3) is 0.889. The minimum absolute atomic E-state index is 0.698. The van der Waals surface area contributed by atoms with Crippen LogP contribution in [0, 0.1) is 5.92 Å². The van der Waals surface area contributed by atoms with Gasteiger partial charge in [-0.1, -0.05) is 19.3 Å². The zero-order valence-corrected chi connectivity index (χ0v) is 8.55. The van der Waals surface area contributed by atoms with Crippen molar-refractivity contribution in [2.24, 2.45) is 11.7 Å². The van der Waals surface area contributed by atoms with Crippen molar-refractivity contribution in [2.45, 2.75) is 37.5 Å². The maximum atomic E-state index is 10.4. The highest BCUT2D eigenvalue weighted by atomic mass is 32.2. The first-order valence-corrected chi connectivity index (χ1v) is 5.85. The molecule has 1 fully saturated rings. The lowest BCUT2D eigenvalue weighted by Crippen LogP contribution is -2.27. The van der Waals surface area contributed by atoms with Gasteiger partial charge in [-0.2, -0.15) is 0 Å². The number of carbonyl (C=O) groups is 1. The molecule has 3 N–H and O–H groups in total. The molecule has 1 rings (SSSR count). The van der Waals surface area contributed by atoms with Gasteiger partial charge in [0, 0.05) is 0 Å². The van der Waals surface area contributed by atoms with E-state index in [-0.39, 0.29) is 0 Å². The Morgan fingerprint density at radius 2 is 2.08 bits per heavy atom. The molecule has 1 aliphatic rings. The molecule has 1 aliphatic carbocycles. The number of aliphatic carboxylic acids is 1. The molecule has 0 aromatic rings. The highest BCUT2D eigenvalue weighted by Crippen LogP contribution is 2.27. The van der Waals surface area contributed by atoms with Crippen molar-refractivity contribution in [3.05, 3.63) is 0 Å². The standard InChI is InChI=1S/C9H17NO2S/c10-8(9(11)12)13-6-7-4-2-1-3-5-7/h7-8H,1-6,10H2,(H,11,12)/t8-/m0/s1. The summed E-state index contributed by atoms with van der Waals surface area (Å²) in [6, 6.07) is 0. The second-order valence-electron chi connectivity index (χ2n) is 3.60. The van der Waals surface area contributed by atoms with Crippen LogP contribution < -0.4 is 5.73 Å². The number of rotatable bonds is 4. The van der Waals surface area contributed by atoms with E-state index in [1.807, 2.05) is 0 Å². The number of carboxylic acid groups (broad SMARTS) is 1. The zero-order valence-electron chi connectivity index (χ0n) is 7.74. The Hall–Kier alpha value is -0.220. The predicted molar refractivity (Wildman–Crippen MR) is 54.6 cm³/mol. The second-order valence-corrected chi connectivity index (χ2v) is 4.77. The molecule has 0 unspecified atom stereocenters. The van der Waals surface area contributed by atoms with Gasteiger partial charge in [-0.15, -0.1) is 11.8 Å². The highest BCUT2D eigenvalue weighted by molar-refractivity contribution is 8.00. The largest absolute Gasteiger partial charge is 0.479 e. The van der Waals surface area contributed by atoms with Gasteiger partial charge in [-0.05, 0) is 24.5 Å². The van der Waals surface area contributed by atoms with Gasteiger partial charge in [0.25, 0.3) is 0 Å². The van der Waals surface area contributed by atoms with E-state index in [2.05, 4.69) is 0 Å². The minimum Gasteiger partial charge on any atom is -0.479 e. The summed E-state index contributed by atoms with van der Waals surface area (Å²) >= 11 is 1.37. The summed E-state index contributed by atoms with van der Waals surface area (Å²) in [5, 5.41) is 7.83. The molecule has 0 heterocycles. The van der Waals surface area contributed by atoms with Gasteiger partial charge in [0.2, 0.25) is 0 Å². The van der Waals surface area contributed by atoms with Crippen molar-refractivity contribution in [1.29, 1.82) is 0 Å². The van der Waals surface area contributed by atoms with Crippen molar-refractivity contribution < 1.29 is 9.90 Å². The van der Waals surface area contributed by atoms with Gasteiger partial charge < -0.3 is 10.8 Å². The van der Waals surface area contributed by atoms with Crippen molar-refractivity contribution in [1.82, 2.24) is 0 Å². The van der Waals surface area contributed by atoms with E-state index in [4.69, 9.17) is 10.8 Å². The maximum absolute atomic E-state index is 10.4. The van der Waals surface area contributed by atoms with Crippen LogP contribution in [0.5, 0.6) is 0 Å². The lowest BCUT2D eigenvalue weighted by atomic mass is 9.91. The Morgan fingerprint density at radius 1 is 1.46 bits per heavy atom. The molecule has 76 valence electrons. The van der Waals surface area contributed by atoms with Crippen LogP contribution in [-0.4, -0.2) is 22.2 Å². The highest BCUT2D eigenvalue weighted by Gasteiger charge is 2.17. The van der Waals surface area contributed by atoms with Crippen molar-refractivity contribution in [2.75, 3.05) is 5.75 Å². The molecule has 0 saturated heterocycles. The van der Waals surface area contributed by atoms with E-state index in [1.54, 1.807) is 0 Å². The van der Waals surface area contributed by atoms with Crippen LogP contribution >= 0.6 is 11.8 Å². The summed E-state index contributed by atoms with van der Waals surface area (Å²) in [6.07, 6.45) is 6.44. The lowest BCUT2D eigenvalue weighted by molar-refractivity contribution is -0.136. The Morgan fingerprint density at radius 3 is 2.62 bits per heavy atom. The van der Waals surface area contributed by atoms with E-state index in [0.29, 0.717) is 5.92 Å². The number of carboxylic acids is 1.